The Balaban J connectivity index is 1.47. The zero-order valence-electron chi connectivity index (χ0n) is 21.3. The molecule has 0 N–H and O–H groups in total. The van der Waals surface area contributed by atoms with Gasteiger partial charge in [0.2, 0.25) is 0 Å². The minimum Gasteiger partial charge on any atom is -0.206 e. The van der Waals surface area contributed by atoms with Gasteiger partial charge < -0.3 is 0 Å². The van der Waals surface area contributed by atoms with Crippen LogP contribution in [-0.4, -0.2) is 0 Å². The number of fused-ring (bicyclic) bond motifs is 1. The molecule has 0 radical (unpaired) electrons. The van der Waals surface area contributed by atoms with Gasteiger partial charge in [0.25, 0.3) is 0 Å². The molecule has 200 valence electrons. The highest BCUT2D eigenvalue weighted by Gasteiger charge is 2.33. The Morgan fingerprint density at radius 2 is 1.34 bits per heavy atom. The highest BCUT2D eigenvalue weighted by Crippen LogP contribution is 2.33. The van der Waals surface area contributed by atoms with E-state index in [-0.39, 0.29) is 18.7 Å². The number of benzene rings is 4. The lowest BCUT2D eigenvalue weighted by atomic mass is 9.96. The Hall–Kier alpha value is -3.28. The van der Waals surface area contributed by atoms with Gasteiger partial charge in [-0.1, -0.05) is 75.1 Å². The number of unbranched alkanes of at least 4 members (excludes halogenated alkanes) is 4. The third kappa shape index (κ3) is 6.58. The summed E-state index contributed by atoms with van der Waals surface area (Å²) in [5.74, 6) is -2.09. The van der Waals surface area contributed by atoms with Crippen LogP contribution in [0.2, 0.25) is 0 Å². The summed E-state index contributed by atoms with van der Waals surface area (Å²) < 4.78 is 82.4. The Kier molecular flexibility index (Phi) is 8.80. The molecule has 0 aliphatic carbocycles. The molecule has 4 aromatic rings. The van der Waals surface area contributed by atoms with E-state index in [0.29, 0.717) is 39.1 Å². The van der Waals surface area contributed by atoms with Crippen molar-refractivity contribution in [3.63, 3.8) is 0 Å². The molecule has 0 aromatic heterocycles. The first kappa shape index (κ1) is 27.7. The molecule has 4 aromatic carbocycles. The number of alkyl halides is 3. The fourth-order valence-electron chi connectivity index (χ4n) is 4.80. The van der Waals surface area contributed by atoms with Gasteiger partial charge in [0.1, 0.15) is 17.5 Å². The second-order valence-electron chi connectivity index (χ2n) is 9.76. The maximum Gasteiger partial charge on any atom is 0.419 e. The molecule has 4 rings (SSSR count). The summed E-state index contributed by atoms with van der Waals surface area (Å²) in [5.41, 5.74) is 1.48. The van der Waals surface area contributed by atoms with Gasteiger partial charge >= 0.3 is 6.18 Å². The van der Waals surface area contributed by atoms with Gasteiger partial charge in [-0.25, -0.2) is 13.2 Å². The minimum absolute atomic E-state index is 0.186. The smallest absolute Gasteiger partial charge is 0.206 e. The zero-order chi connectivity index (χ0) is 27.3. The van der Waals surface area contributed by atoms with E-state index in [2.05, 4.69) is 6.92 Å². The van der Waals surface area contributed by atoms with Gasteiger partial charge in [-0.3, -0.25) is 0 Å². The molecule has 0 bridgehead atoms. The van der Waals surface area contributed by atoms with E-state index in [9.17, 15) is 22.0 Å². The lowest BCUT2D eigenvalue weighted by Gasteiger charge is -2.11. The Bertz CT molecular complexity index is 1400. The SMILES string of the molecule is CCCCCCCc1ccc(-c2ccc3c(F)c(CCc4ccc(C(F)(F)F)c(F)c4)ccc3c2)c(F)c1. The van der Waals surface area contributed by atoms with Crippen molar-refractivity contribution in [2.45, 2.75) is 64.5 Å². The van der Waals surface area contributed by atoms with Crippen molar-refractivity contribution in [2.24, 2.45) is 0 Å². The van der Waals surface area contributed by atoms with Crippen molar-refractivity contribution in [1.29, 1.82) is 0 Å². The molecule has 38 heavy (non-hydrogen) atoms. The maximum atomic E-state index is 15.2. The number of hydrogen-bond donors (Lipinski definition) is 0. The molecule has 0 aliphatic rings. The molecule has 0 unspecified atom stereocenters. The van der Waals surface area contributed by atoms with E-state index in [0.717, 1.165) is 30.9 Å². The van der Waals surface area contributed by atoms with Crippen molar-refractivity contribution in [3.05, 3.63) is 106 Å². The first-order valence-electron chi connectivity index (χ1n) is 13.0. The summed E-state index contributed by atoms with van der Waals surface area (Å²) in [6.07, 6.45) is 2.23. The van der Waals surface area contributed by atoms with Crippen molar-refractivity contribution >= 4 is 10.8 Å². The molecular weight excluding hydrogens is 498 g/mol. The molecule has 0 atom stereocenters. The van der Waals surface area contributed by atoms with Gasteiger partial charge in [-0.2, -0.15) is 13.2 Å². The van der Waals surface area contributed by atoms with Crippen molar-refractivity contribution < 1.29 is 26.3 Å². The van der Waals surface area contributed by atoms with E-state index < -0.39 is 23.4 Å². The van der Waals surface area contributed by atoms with Crippen LogP contribution >= 0.6 is 0 Å². The predicted octanol–water partition coefficient (Wildman–Crippen LogP) is 10.2. The van der Waals surface area contributed by atoms with Gasteiger partial charge in [-0.15, -0.1) is 0 Å². The van der Waals surface area contributed by atoms with Gasteiger partial charge in [0, 0.05) is 10.9 Å². The molecular formula is C32H30F6. The molecule has 0 spiro atoms. The van der Waals surface area contributed by atoms with E-state index in [1.165, 1.54) is 25.3 Å². The monoisotopic (exact) mass is 528 g/mol. The zero-order valence-corrected chi connectivity index (χ0v) is 21.3. The quantitative estimate of drug-likeness (QED) is 0.142. The summed E-state index contributed by atoms with van der Waals surface area (Å²) in [5, 5.41) is 0.984. The summed E-state index contributed by atoms with van der Waals surface area (Å²) >= 11 is 0. The number of hydrogen-bond acceptors (Lipinski definition) is 0. The fraction of sp³-hybridized carbons (Fsp3) is 0.312. The average molecular weight is 529 g/mol. The number of rotatable bonds is 10. The standard InChI is InChI=1S/C32H30F6/c1-2-3-4-5-6-7-21-9-15-26(29(33)18-21)24-14-16-27-25(20-24)13-12-23(31(27)35)11-8-22-10-17-28(30(34)19-22)32(36,37)38/h9-10,12-20H,2-8,11H2,1H3. The second-order valence-corrected chi connectivity index (χ2v) is 9.76. The lowest BCUT2D eigenvalue weighted by Crippen LogP contribution is -2.08. The van der Waals surface area contributed by atoms with Crippen molar-refractivity contribution in [3.8, 4) is 11.1 Å². The summed E-state index contributed by atoms with van der Waals surface area (Å²) in [7, 11) is 0. The maximum absolute atomic E-state index is 15.2. The van der Waals surface area contributed by atoms with Crippen LogP contribution in [0.15, 0.2) is 66.7 Å². The largest absolute Gasteiger partial charge is 0.419 e. The van der Waals surface area contributed by atoms with Crippen molar-refractivity contribution in [2.75, 3.05) is 0 Å². The first-order chi connectivity index (χ1) is 18.2. The second kappa shape index (κ2) is 12.1. The molecule has 0 saturated carbocycles. The van der Waals surface area contributed by atoms with Gasteiger partial charge in [0.15, 0.2) is 0 Å². The molecule has 6 heteroatoms. The van der Waals surface area contributed by atoms with Crippen LogP contribution in [0.3, 0.4) is 0 Å². The molecule has 0 heterocycles. The van der Waals surface area contributed by atoms with Crippen molar-refractivity contribution in [1.82, 2.24) is 0 Å². The highest BCUT2D eigenvalue weighted by molar-refractivity contribution is 5.88. The van der Waals surface area contributed by atoms with Gasteiger partial charge in [0.05, 0.1) is 5.56 Å². The fourth-order valence-corrected chi connectivity index (χ4v) is 4.80. The summed E-state index contributed by atoms with van der Waals surface area (Å²) in [6, 6.07) is 16.5. The lowest BCUT2D eigenvalue weighted by molar-refractivity contribution is -0.140. The van der Waals surface area contributed by atoms with E-state index in [1.807, 2.05) is 6.07 Å². The highest BCUT2D eigenvalue weighted by atomic mass is 19.4. The molecule has 0 nitrogen and oxygen atoms in total. The summed E-state index contributed by atoms with van der Waals surface area (Å²) in [4.78, 5) is 0. The van der Waals surface area contributed by atoms with E-state index in [4.69, 9.17) is 0 Å². The predicted molar refractivity (Wildman–Crippen MR) is 141 cm³/mol. The molecule has 0 amide bonds. The van der Waals surface area contributed by atoms with E-state index in [1.54, 1.807) is 42.5 Å². The third-order valence-corrected chi connectivity index (χ3v) is 6.97. The van der Waals surface area contributed by atoms with Crippen LogP contribution in [0, 0.1) is 17.5 Å². The third-order valence-electron chi connectivity index (χ3n) is 6.97. The number of halogens is 6. The van der Waals surface area contributed by atoms with E-state index >= 15 is 4.39 Å². The van der Waals surface area contributed by atoms with Crippen LogP contribution < -0.4 is 0 Å². The summed E-state index contributed by atoms with van der Waals surface area (Å²) in [6.45, 7) is 2.17. The Morgan fingerprint density at radius 3 is 2.05 bits per heavy atom. The molecule has 0 saturated heterocycles. The van der Waals surface area contributed by atoms with Gasteiger partial charge in [-0.05, 0) is 77.6 Å². The van der Waals surface area contributed by atoms with Crippen LogP contribution in [0.25, 0.3) is 21.9 Å². The minimum atomic E-state index is -4.76. The van der Waals surface area contributed by atoms with Crippen LogP contribution in [-0.2, 0) is 25.4 Å². The Labute approximate surface area is 219 Å². The van der Waals surface area contributed by atoms with Crippen LogP contribution in [0.4, 0.5) is 26.3 Å². The molecule has 0 fully saturated rings. The first-order valence-corrected chi connectivity index (χ1v) is 13.0. The van der Waals surface area contributed by atoms with Crippen LogP contribution in [0.5, 0.6) is 0 Å². The Morgan fingerprint density at radius 1 is 0.632 bits per heavy atom. The molecule has 0 aliphatic heterocycles. The average Bonchev–Trinajstić information content (AvgIpc) is 2.87. The van der Waals surface area contributed by atoms with Crippen LogP contribution in [0.1, 0.15) is 61.3 Å². The normalized spacial score (nSPS) is 11.9. The number of aryl methyl sites for hydroxylation is 3. The topological polar surface area (TPSA) is 0 Å².